The van der Waals surface area contributed by atoms with Gasteiger partial charge >= 0.3 is 0 Å². The lowest BCUT2D eigenvalue weighted by atomic mass is 9.84. The molecular formula is C54H38N2. The number of benzene rings is 9. The van der Waals surface area contributed by atoms with Gasteiger partial charge in [0.1, 0.15) is 0 Å². The Hall–Kier alpha value is -7.42. The number of nitrogens with zero attached hydrogens (tertiary/aromatic N) is 2. The molecule has 9 aromatic carbocycles. The minimum absolute atomic E-state index is 1.08. The fourth-order valence-electron chi connectivity index (χ4n) is 8.37. The first-order chi connectivity index (χ1) is 27.8. The highest BCUT2D eigenvalue weighted by molar-refractivity contribution is 6.09. The van der Waals surface area contributed by atoms with Gasteiger partial charge in [-0.1, -0.05) is 182 Å². The molecule has 0 saturated carbocycles. The van der Waals surface area contributed by atoms with E-state index in [1.54, 1.807) is 0 Å². The molecule has 0 fully saturated rings. The van der Waals surface area contributed by atoms with Crippen LogP contribution in [0.2, 0.25) is 0 Å². The highest BCUT2D eigenvalue weighted by Crippen LogP contribution is 2.48. The van der Waals surface area contributed by atoms with Crippen LogP contribution in [0.4, 0.5) is 17.1 Å². The first-order valence-corrected chi connectivity index (χ1v) is 19.2. The van der Waals surface area contributed by atoms with Crippen LogP contribution in [0.25, 0.3) is 72.0 Å². The van der Waals surface area contributed by atoms with Gasteiger partial charge in [-0.2, -0.15) is 0 Å². The van der Waals surface area contributed by atoms with Gasteiger partial charge in [-0.05, 0) is 87.5 Å². The topological polar surface area (TPSA) is 8.17 Å². The summed E-state index contributed by atoms with van der Waals surface area (Å²) >= 11 is 0. The molecule has 10 aromatic rings. The van der Waals surface area contributed by atoms with E-state index in [-0.39, 0.29) is 0 Å². The van der Waals surface area contributed by atoms with Gasteiger partial charge in [0.15, 0.2) is 0 Å². The van der Waals surface area contributed by atoms with Crippen molar-refractivity contribution in [2.24, 2.45) is 0 Å². The average molecular weight is 715 g/mol. The Labute approximate surface area is 327 Å². The Balaban J connectivity index is 1.22. The van der Waals surface area contributed by atoms with E-state index in [1.165, 1.54) is 60.8 Å². The van der Waals surface area contributed by atoms with Crippen molar-refractivity contribution >= 4 is 38.9 Å². The predicted molar refractivity (Wildman–Crippen MR) is 237 cm³/mol. The number of para-hydroxylation sites is 4. The molecule has 0 unspecified atom stereocenters. The van der Waals surface area contributed by atoms with Crippen LogP contribution in [0.1, 0.15) is 0 Å². The molecule has 0 saturated heterocycles. The highest BCUT2D eigenvalue weighted by Gasteiger charge is 2.23. The van der Waals surface area contributed by atoms with E-state index in [4.69, 9.17) is 0 Å². The van der Waals surface area contributed by atoms with E-state index in [1.807, 2.05) is 0 Å². The molecule has 0 spiro atoms. The third-order valence-corrected chi connectivity index (χ3v) is 10.8. The molecule has 0 radical (unpaired) electrons. The summed E-state index contributed by atoms with van der Waals surface area (Å²) in [5.41, 5.74) is 16.3. The molecule has 56 heavy (non-hydrogen) atoms. The quantitative estimate of drug-likeness (QED) is 0.152. The Morgan fingerprint density at radius 3 is 1.45 bits per heavy atom. The summed E-state index contributed by atoms with van der Waals surface area (Å²) in [6, 6.07) is 83.1. The summed E-state index contributed by atoms with van der Waals surface area (Å²) in [4.78, 5) is 2.41. The number of rotatable bonds is 8. The summed E-state index contributed by atoms with van der Waals surface area (Å²) in [5.74, 6) is 0. The fourth-order valence-corrected chi connectivity index (χ4v) is 8.37. The monoisotopic (exact) mass is 714 g/mol. The maximum absolute atomic E-state index is 2.41. The second-order valence-corrected chi connectivity index (χ2v) is 14.1. The number of fused-ring (bicyclic) bond motifs is 3. The Morgan fingerprint density at radius 2 is 0.768 bits per heavy atom. The molecule has 2 heteroatoms. The normalized spacial score (nSPS) is 11.2. The molecule has 1 heterocycles. The van der Waals surface area contributed by atoms with Crippen LogP contribution in [-0.4, -0.2) is 4.57 Å². The number of hydrogen-bond acceptors (Lipinski definition) is 1. The lowest BCUT2D eigenvalue weighted by Gasteiger charge is -2.29. The largest absolute Gasteiger partial charge is 0.310 e. The van der Waals surface area contributed by atoms with Crippen LogP contribution in [0.3, 0.4) is 0 Å². The van der Waals surface area contributed by atoms with E-state index in [0.717, 1.165) is 28.3 Å². The molecule has 0 atom stereocenters. The van der Waals surface area contributed by atoms with Gasteiger partial charge in [-0.15, -0.1) is 0 Å². The minimum atomic E-state index is 1.08. The zero-order chi connectivity index (χ0) is 37.3. The summed E-state index contributed by atoms with van der Waals surface area (Å²) in [5, 5.41) is 2.50. The molecule has 0 bridgehead atoms. The lowest BCUT2D eigenvalue weighted by Crippen LogP contribution is -2.12. The van der Waals surface area contributed by atoms with E-state index < -0.39 is 0 Å². The average Bonchev–Trinajstić information content (AvgIpc) is 3.62. The maximum atomic E-state index is 2.41. The molecular weight excluding hydrogens is 677 g/mol. The second kappa shape index (κ2) is 14.4. The molecule has 2 nitrogen and oxygen atoms in total. The van der Waals surface area contributed by atoms with E-state index >= 15 is 0 Å². The fraction of sp³-hybridized carbons (Fsp3) is 0. The van der Waals surface area contributed by atoms with Crippen molar-refractivity contribution in [3.05, 3.63) is 231 Å². The van der Waals surface area contributed by atoms with Crippen molar-refractivity contribution in [2.45, 2.75) is 0 Å². The van der Waals surface area contributed by atoms with Crippen molar-refractivity contribution in [2.75, 3.05) is 4.90 Å². The molecule has 0 amide bonds. The van der Waals surface area contributed by atoms with Gasteiger partial charge in [0, 0.05) is 33.4 Å². The van der Waals surface area contributed by atoms with Crippen LogP contribution in [0.5, 0.6) is 0 Å². The van der Waals surface area contributed by atoms with Crippen molar-refractivity contribution in [1.82, 2.24) is 4.57 Å². The first-order valence-electron chi connectivity index (χ1n) is 19.2. The summed E-state index contributed by atoms with van der Waals surface area (Å²) in [6.07, 6.45) is 0. The minimum Gasteiger partial charge on any atom is -0.310 e. The number of hydrogen-bond donors (Lipinski definition) is 0. The molecule has 10 rings (SSSR count). The van der Waals surface area contributed by atoms with E-state index in [0.29, 0.717) is 0 Å². The standard InChI is InChI=1S/C54H38N2/c1-4-20-39(21-5-1)44-28-10-11-32-49(44)54-45(40-22-6-2-7-23-40)33-19-34-50(54)48-31-14-15-35-51(48)55(41-24-8-3-9-25-41)42-26-18-27-43(38-42)56-52-36-16-12-29-46(52)47-30-13-17-37-53(47)56/h1-38H. The van der Waals surface area contributed by atoms with E-state index in [2.05, 4.69) is 240 Å². The highest BCUT2D eigenvalue weighted by atomic mass is 15.1. The number of anilines is 3. The van der Waals surface area contributed by atoms with Crippen LogP contribution in [0.15, 0.2) is 231 Å². The maximum Gasteiger partial charge on any atom is 0.0541 e. The van der Waals surface area contributed by atoms with Gasteiger partial charge in [0.2, 0.25) is 0 Å². The molecule has 0 aliphatic rings. The zero-order valence-electron chi connectivity index (χ0n) is 30.8. The van der Waals surface area contributed by atoms with Crippen molar-refractivity contribution < 1.29 is 0 Å². The van der Waals surface area contributed by atoms with Crippen molar-refractivity contribution in [3.63, 3.8) is 0 Å². The molecule has 264 valence electrons. The zero-order valence-corrected chi connectivity index (χ0v) is 30.8. The first kappa shape index (κ1) is 33.2. The predicted octanol–water partition coefficient (Wildman–Crippen LogP) is 14.9. The Morgan fingerprint density at radius 1 is 0.304 bits per heavy atom. The SMILES string of the molecule is c1ccc(-c2ccccc2-c2c(-c3ccccc3)cccc2-c2ccccc2N(c2ccccc2)c2cccc(-n3c4ccccc4c4ccccc43)c2)cc1. The van der Waals surface area contributed by atoms with Crippen LogP contribution in [-0.2, 0) is 0 Å². The van der Waals surface area contributed by atoms with Gasteiger partial charge in [-0.25, -0.2) is 0 Å². The van der Waals surface area contributed by atoms with Crippen molar-refractivity contribution in [1.29, 1.82) is 0 Å². The second-order valence-electron chi connectivity index (χ2n) is 14.1. The molecule has 0 aliphatic heterocycles. The van der Waals surface area contributed by atoms with Gasteiger partial charge in [0.05, 0.1) is 16.7 Å². The summed E-state index contributed by atoms with van der Waals surface area (Å²) < 4.78 is 2.39. The van der Waals surface area contributed by atoms with Gasteiger partial charge in [0.25, 0.3) is 0 Å². The Kier molecular flexibility index (Phi) is 8.55. The summed E-state index contributed by atoms with van der Waals surface area (Å²) in [6.45, 7) is 0. The van der Waals surface area contributed by atoms with Crippen LogP contribution in [0, 0.1) is 0 Å². The van der Waals surface area contributed by atoms with Crippen molar-refractivity contribution in [3.8, 4) is 50.2 Å². The molecule has 0 N–H and O–H groups in total. The number of aromatic nitrogens is 1. The third-order valence-electron chi connectivity index (χ3n) is 10.8. The third kappa shape index (κ3) is 5.85. The van der Waals surface area contributed by atoms with E-state index in [9.17, 15) is 0 Å². The molecule has 1 aromatic heterocycles. The van der Waals surface area contributed by atoms with Crippen LogP contribution < -0.4 is 4.90 Å². The Bertz CT molecular complexity index is 2910. The summed E-state index contributed by atoms with van der Waals surface area (Å²) in [7, 11) is 0. The lowest BCUT2D eigenvalue weighted by molar-refractivity contribution is 1.17. The molecule has 0 aliphatic carbocycles. The smallest absolute Gasteiger partial charge is 0.0541 e. The van der Waals surface area contributed by atoms with Gasteiger partial charge < -0.3 is 9.47 Å². The van der Waals surface area contributed by atoms with Crippen LogP contribution >= 0.6 is 0 Å². The van der Waals surface area contributed by atoms with Gasteiger partial charge in [-0.3, -0.25) is 0 Å².